The fourth-order valence-corrected chi connectivity index (χ4v) is 3.06. The van der Waals surface area contributed by atoms with Crippen LogP contribution in [0.2, 0.25) is 0 Å². The number of anilines is 2. The Labute approximate surface area is 147 Å². The van der Waals surface area contributed by atoms with Crippen LogP contribution < -0.4 is 11.1 Å². The molecule has 2 amide bonds. The van der Waals surface area contributed by atoms with E-state index in [0.29, 0.717) is 24.3 Å². The number of likely N-dealkylation sites (tertiary alicyclic amines) is 1. The summed E-state index contributed by atoms with van der Waals surface area (Å²) in [7, 11) is 0. The number of carbonyl (C=O) groups excluding carboxylic acids is 2. The van der Waals surface area contributed by atoms with Crippen LogP contribution in [-0.4, -0.2) is 34.8 Å². The summed E-state index contributed by atoms with van der Waals surface area (Å²) in [5.74, 6) is -0.346. The lowest BCUT2D eigenvalue weighted by molar-refractivity contribution is -0.121. The summed E-state index contributed by atoms with van der Waals surface area (Å²) in [5, 5.41) is 2.95. The Morgan fingerprint density at radius 2 is 2.00 bits per heavy atom. The number of carbonyl (C=O) groups is 2. The fourth-order valence-electron chi connectivity index (χ4n) is 3.06. The number of benzene rings is 1. The topological polar surface area (TPSA) is 88.3 Å². The summed E-state index contributed by atoms with van der Waals surface area (Å²) in [5.41, 5.74) is 8.69. The Morgan fingerprint density at radius 3 is 2.76 bits per heavy atom. The highest BCUT2D eigenvalue weighted by atomic mass is 16.2. The van der Waals surface area contributed by atoms with Gasteiger partial charge in [0.2, 0.25) is 5.91 Å². The first-order valence-electron chi connectivity index (χ1n) is 8.41. The third kappa shape index (κ3) is 3.96. The summed E-state index contributed by atoms with van der Waals surface area (Å²) < 4.78 is 0. The second-order valence-corrected chi connectivity index (χ2v) is 6.39. The molecule has 2 aromatic rings. The first-order chi connectivity index (χ1) is 12.0. The Balaban J connectivity index is 1.67. The van der Waals surface area contributed by atoms with E-state index in [4.69, 9.17) is 5.73 Å². The number of hydrogen-bond acceptors (Lipinski definition) is 4. The van der Waals surface area contributed by atoms with Gasteiger partial charge in [-0.05, 0) is 49.6 Å². The lowest BCUT2D eigenvalue weighted by atomic mass is 9.96. The molecule has 130 valence electrons. The summed E-state index contributed by atoms with van der Waals surface area (Å²) in [4.78, 5) is 30.9. The predicted octanol–water partition coefficient (Wildman–Crippen LogP) is 2.46. The number of aromatic nitrogens is 1. The molecule has 0 spiro atoms. The summed E-state index contributed by atoms with van der Waals surface area (Å²) in [6, 6.07) is 8.84. The van der Waals surface area contributed by atoms with Gasteiger partial charge in [-0.25, -0.2) is 0 Å². The van der Waals surface area contributed by atoms with E-state index in [2.05, 4.69) is 10.3 Å². The molecule has 1 atom stereocenters. The molecule has 1 aliphatic rings. The Morgan fingerprint density at radius 1 is 1.24 bits per heavy atom. The minimum Gasteiger partial charge on any atom is -0.399 e. The first-order valence-corrected chi connectivity index (χ1v) is 8.41. The van der Waals surface area contributed by atoms with Crippen LogP contribution in [0.4, 0.5) is 11.4 Å². The minimum atomic E-state index is -0.222. The van der Waals surface area contributed by atoms with Gasteiger partial charge in [0.25, 0.3) is 5.91 Å². The maximum absolute atomic E-state index is 12.6. The van der Waals surface area contributed by atoms with Crippen molar-refractivity contribution in [1.82, 2.24) is 9.88 Å². The van der Waals surface area contributed by atoms with Crippen LogP contribution in [0.3, 0.4) is 0 Å². The third-order valence-corrected chi connectivity index (χ3v) is 4.53. The van der Waals surface area contributed by atoms with Crippen LogP contribution in [-0.2, 0) is 4.79 Å². The molecule has 0 aliphatic carbocycles. The minimum absolute atomic E-state index is 0.0555. The molecule has 0 bridgehead atoms. The molecule has 1 unspecified atom stereocenters. The zero-order valence-electron chi connectivity index (χ0n) is 14.2. The second kappa shape index (κ2) is 7.34. The average molecular weight is 338 g/mol. The van der Waals surface area contributed by atoms with Crippen LogP contribution in [0.25, 0.3) is 0 Å². The summed E-state index contributed by atoms with van der Waals surface area (Å²) in [6.07, 6.45) is 4.78. The molecule has 1 saturated heterocycles. The van der Waals surface area contributed by atoms with Gasteiger partial charge in [0.1, 0.15) is 0 Å². The largest absolute Gasteiger partial charge is 0.399 e. The van der Waals surface area contributed by atoms with Gasteiger partial charge in [-0.15, -0.1) is 0 Å². The molecule has 3 rings (SSSR count). The van der Waals surface area contributed by atoms with E-state index in [9.17, 15) is 9.59 Å². The van der Waals surface area contributed by atoms with Crippen molar-refractivity contribution in [2.24, 2.45) is 5.92 Å². The highest BCUT2D eigenvalue weighted by Gasteiger charge is 2.29. The lowest BCUT2D eigenvalue weighted by Crippen LogP contribution is -2.43. The van der Waals surface area contributed by atoms with Crippen LogP contribution >= 0.6 is 0 Å². The highest BCUT2D eigenvalue weighted by molar-refractivity contribution is 5.96. The van der Waals surface area contributed by atoms with E-state index in [1.54, 1.807) is 41.6 Å². The van der Waals surface area contributed by atoms with Crippen molar-refractivity contribution in [2.75, 3.05) is 24.1 Å². The molecule has 0 saturated carbocycles. The van der Waals surface area contributed by atoms with Gasteiger partial charge in [-0.1, -0.05) is 6.07 Å². The summed E-state index contributed by atoms with van der Waals surface area (Å²) in [6.45, 7) is 3.02. The monoisotopic (exact) mass is 338 g/mol. The van der Waals surface area contributed by atoms with Crippen molar-refractivity contribution >= 4 is 23.2 Å². The van der Waals surface area contributed by atoms with Gasteiger partial charge >= 0.3 is 0 Å². The van der Waals surface area contributed by atoms with Crippen molar-refractivity contribution in [3.8, 4) is 0 Å². The number of nitrogen functional groups attached to an aromatic ring is 1. The van der Waals surface area contributed by atoms with E-state index in [0.717, 1.165) is 24.1 Å². The molecule has 1 aliphatic heterocycles. The second-order valence-electron chi connectivity index (χ2n) is 6.39. The molecular weight excluding hydrogens is 316 g/mol. The number of pyridine rings is 1. The van der Waals surface area contributed by atoms with E-state index < -0.39 is 0 Å². The number of nitrogens with two attached hydrogens (primary N) is 1. The smallest absolute Gasteiger partial charge is 0.253 e. The standard InChI is InChI=1S/C19H22N4O2/c1-13-4-5-16(20)11-17(13)22-18(24)15-3-2-10-23(12-15)19(25)14-6-8-21-9-7-14/h4-9,11,15H,2-3,10,12,20H2,1H3,(H,22,24). The lowest BCUT2D eigenvalue weighted by Gasteiger charge is -2.32. The third-order valence-electron chi connectivity index (χ3n) is 4.53. The number of nitrogens with one attached hydrogen (secondary N) is 1. The van der Waals surface area contributed by atoms with Crippen molar-refractivity contribution in [3.05, 3.63) is 53.9 Å². The molecule has 1 aromatic heterocycles. The Hall–Kier alpha value is -2.89. The van der Waals surface area contributed by atoms with Crippen molar-refractivity contribution in [1.29, 1.82) is 0 Å². The molecule has 25 heavy (non-hydrogen) atoms. The molecular formula is C19H22N4O2. The molecule has 1 fully saturated rings. The maximum atomic E-state index is 12.6. The predicted molar refractivity (Wildman–Crippen MR) is 97.1 cm³/mol. The van der Waals surface area contributed by atoms with Crippen molar-refractivity contribution in [3.63, 3.8) is 0 Å². The van der Waals surface area contributed by atoms with E-state index in [1.807, 2.05) is 13.0 Å². The van der Waals surface area contributed by atoms with Gasteiger partial charge in [-0.3, -0.25) is 14.6 Å². The van der Waals surface area contributed by atoms with Gasteiger partial charge in [0, 0.05) is 42.4 Å². The molecule has 3 N–H and O–H groups in total. The molecule has 1 aromatic carbocycles. The maximum Gasteiger partial charge on any atom is 0.253 e. The van der Waals surface area contributed by atoms with Crippen molar-refractivity contribution < 1.29 is 9.59 Å². The zero-order chi connectivity index (χ0) is 17.8. The van der Waals surface area contributed by atoms with Crippen LogP contribution in [0.15, 0.2) is 42.7 Å². The van der Waals surface area contributed by atoms with Gasteiger partial charge < -0.3 is 16.0 Å². The highest BCUT2D eigenvalue weighted by Crippen LogP contribution is 2.23. The fraction of sp³-hybridized carbons (Fsp3) is 0.316. The van der Waals surface area contributed by atoms with Crippen LogP contribution in [0.1, 0.15) is 28.8 Å². The van der Waals surface area contributed by atoms with Crippen LogP contribution in [0, 0.1) is 12.8 Å². The quantitative estimate of drug-likeness (QED) is 0.842. The average Bonchev–Trinajstić information content (AvgIpc) is 2.65. The Kier molecular flexibility index (Phi) is 4.97. The molecule has 6 nitrogen and oxygen atoms in total. The number of nitrogens with zero attached hydrogens (tertiary/aromatic N) is 2. The van der Waals surface area contributed by atoms with Crippen LogP contribution in [0.5, 0.6) is 0 Å². The summed E-state index contributed by atoms with van der Waals surface area (Å²) >= 11 is 0. The number of piperidine rings is 1. The first kappa shape index (κ1) is 17.0. The Bertz CT molecular complexity index is 776. The molecule has 6 heteroatoms. The zero-order valence-corrected chi connectivity index (χ0v) is 14.2. The van der Waals surface area contributed by atoms with E-state index in [1.165, 1.54) is 0 Å². The molecule has 0 radical (unpaired) electrons. The van der Waals surface area contributed by atoms with Gasteiger partial charge in [0.05, 0.1) is 5.92 Å². The number of rotatable bonds is 3. The van der Waals surface area contributed by atoms with E-state index >= 15 is 0 Å². The normalized spacial score (nSPS) is 17.2. The van der Waals surface area contributed by atoms with Gasteiger partial charge in [0.15, 0.2) is 0 Å². The number of amides is 2. The van der Waals surface area contributed by atoms with E-state index in [-0.39, 0.29) is 17.7 Å². The number of aryl methyl sites for hydroxylation is 1. The van der Waals surface area contributed by atoms with Crippen molar-refractivity contribution in [2.45, 2.75) is 19.8 Å². The molecule has 2 heterocycles. The number of hydrogen-bond donors (Lipinski definition) is 2. The van der Waals surface area contributed by atoms with Gasteiger partial charge in [-0.2, -0.15) is 0 Å². The SMILES string of the molecule is Cc1ccc(N)cc1NC(=O)C1CCCN(C(=O)c2ccncc2)C1.